The van der Waals surface area contributed by atoms with Crippen LogP contribution in [0.2, 0.25) is 0 Å². The van der Waals surface area contributed by atoms with Crippen LogP contribution in [0.5, 0.6) is 0 Å². The van der Waals surface area contributed by atoms with Gasteiger partial charge in [-0.25, -0.2) is 4.39 Å². The zero-order chi connectivity index (χ0) is 20.3. The molecule has 0 fully saturated rings. The fraction of sp³-hybridized carbons (Fsp3) is 0.273. The highest BCUT2D eigenvalue weighted by Crippen LogP contribution is 2.21. The lowest BCUT2D eigenvalue weighted by Gasteiger charge is -2.25. The maximum absolute atomic E-state index is 13.5. The van der Waals surface area contributed by atoms with Crippen molar-refractivity contribution in [3.05, 3.63) is 76.7 Å². The van der Waals surface area contributed by atoms with Gasteiger partial charge < -0.3 is 10.2 Å². The summed E-state index contributed by atoms with van der Waals surface area (Å²) in [6.45, 7) is 4.22. The summed E-state index contributed by atoms with van der Waals surface area (Å²) in [7, 11) is 3.98. The SMILES string of the molecule is Cc1ccc(C(CNC(=O)c2cc(-c3ccc(F)c(C)c3)n[nH]2)N(C)C)cc1. The number of halogens is 1. The number of benzene rings is 2. The number of aromatic nitrogens is 2. The van der Waals surface area contributed by atoms with E-state index in [2.05, 4.69) is 51.6 Å². The molecular weight excluding hydrogens is 355 g/mol. The second-order valence-electron chi connectivity index (χ2n) is 7.23. The fourth-order valence-electron chi connectivity index (χ4n) is 3.06. The Hall–Kier alpha value is -2.99. The molecule has 3 aromatic rings. The van der Waals surface area contributed by atoms with E-state index in [0.29, 0.717) is 23.5 Å². The highest BCUT2D eigenvalue weighted by atomic mass is 19.1. The Balaban J connectivity index is 1.69. The minimum Gasteiger partial charge on any atom is -0.349 e. The van der Waals surface area contributed by atoms with Crippen molar-refractivity contribution in [2.75, 3.05) is 20.6 Å². The molecule has 146 valence electrons. The van der Waals surface area contributed by atoms with Gasteiger partial charge in [-0.05, 0) is 63.3 Å². The average Bonchev–Trinajstić information content (AvgIpc) is 3.15. The number of aromatic amines is 1. The highest BCUT2D eigenvalue weighted by Gasteiger charge is 2.17. The van der Waals surface area contributed by atoms with Gasteiger partial charge in [-0.1, -0.05) is 29.8 Å². The van der Waals surface area contributed by atoms with Gasteiger partial charge >= 0.3 is 0 Å². The van der Waals surface area contributed by atoms with E-state index >= 15 is 0 Å². The van der Waals surface area contributed by atoms with Crippen molar-refractivity contribution in [3.63, 3.8) is 0 Å². The lowest BCUT2D eigenvalue weighted by molar-refractivity contribution is 0.0937. The molecule has 0 spiro atoms. The normalized spacial score (nSPS) is 12.2. The minimum atomic E-state index is -0.261. The maximum Gasteiger partial charge on any atom is 0.269 e. The Morgan fingerprint density at radius 3 is 2.50 bits per heavy atom. The summed E-state index contributed by atoms with van der Waals surface area (Å²) in [5, 5.41) is 9.93. The Kier molecular flexibility index (Phi) is 5.90. The standard InChI is InChI=1S/C22H25FN4O/c1-14-5-7-16(8-6-14)21(27(3)4)13-24-22(28)20-12-19(25-26-20)17-9-10-18(23)15(2)11-17/h5-12,21H,13H2,1-4H3,(H,24,28)(H,25,26). The lowest BCUT2D eigenvalue weighted by atomic mass is 10.0. The van der Waals surface area contributed by atoms with E-state index in [1.165, 1.54) is 11.6 Å². The van der Waals surface area contributed by atoms with Gasteiger partial charge in [0, 0.05) is 12.1 Å². The van der Waals surface area contributed by atoms with Crippen molar-refractivity contribution < 1.29 is 9.18 Å². The number of aryl methyl sites for hydroxylation is 2. The molecule has 0 saturated heterocycles. The first kappa shape index (κ1) is 19.8. The molecule has 0 aliphatic carbocycles. The molecule has 2 aromatic carbocycles. The topological polar surface area (TPSA) is 61.0 Å². The van der Waals surface area contributed by atoms with Crippen LogP contribution in [-0.4, -0.2) is 41.6 Å². The molecule has 6 heteroatoms. The quantitative estimate of drug-likeness (QED) is 0.683. The van der Waals surface area contributed by atoms with Crippen LogP contribution < -0.4 is 5.32 Å². The van der Waals surface area contributed by atoms with Crippen molar-refractivity contribution in [3.8, 4) is 11.3 Å². The first-order chi connectivity index (χ1) is 13.3. The van der Waals surface area contributed by atoms with Crippen LogP contribution in [-0.2, 0) is 0 Å². The smallest absolute Gasteiger partial charge is 0.269 e. The second-order valence-corrected chi connectivity index (χ2v) is 7.23. The highest BCUT2D eigenvalue weighted by molar-refractivity contribution is 5.93. The van der Waals surface area contributed by atoms with Crippen LogP contribution in [0.25, 0.3) is 11.3 Å². The van der Waals surface area contributed by atoms with Gasteiger partial charge in [0.05, 0.1) is 11.7 Å². The zero-order valence-corrected chi connectivity index (χ0v) is 16.6. The largest absolute Gasteiger partial charge is 0.349 e. The summed E-state index contributed by atoms with van der Waals surface area (Å²) < 4.78 is 13.5. The summed E-state index contributed by atoms with van der Waals surface area (Å²) in [4.78, 5) is 14.6. The monoisotopic (exact) mass is 380 g/mol. The Bertz CT molecular complexity index is 963. The Morgan fingerprint density at radius 1 is 1.14 bits per heavy atom. The second kappa shape index (κ2) is 8.35. The third-order valence-electron chi connectivity index (χ3n) is 4.82. The predicted molar refractivity (Wildman–Crippen MR) is 109 cm³/mol. The van der Waals surface area contributed by atoms with Gasteiger partial charge in [0.1, 0.15) is 11.5 Å². The molecule has 3 rings (SSSR count). The number of likely N-dealkylation sites (N-methyl/N-ethyl adjacent to an activating group) is 1. The molecule has 0 aliphatic rings. The molecule has 1 atom stereocenters. The molecule has 28 heavy (non-hydrogen) atoms. The van der Waals surface area contributed by atoms with E-state index in [1.807, 2.05) is 14.1 Å². The third kappa shape index (κ3) is 4.46. The van der Waals surface area contributed by atoms with Crippen LogP contribution in [0.1, 0.15) is 33.2 Å². The molecule has 0 radical (unpaired) electrons. The van der Waals surface area contributed by atoms with Crippen LogP contribution >= 0.6 is 0 Å². The van der Waals surface area contributed by atoms with Crippen LogP contribution in [0.3, 0.4) is 0 Å². The van der Waals surface area contributed by atoms with Gasteiger partial charge in [0.2, 0.25) is 0 Å². The van der Waals surface area contributed by atoms with Crippen molar-refractivity contribution in [1.29, 1.82) is 0 Å². The van der Waals surface area contributed by atoms with Crippen LogP contribution in [0.15, 0.2) is 48.5 Å². The van der Waals surface area contributed by atoms with Crippen molar-refractivity contribution in [1.82, 2.24) is 20.4 Å². The summed E-state index contributed by atoms with van der Waals surface area (Å²) in [5.41, 5.74) is 4.63. The third-order valence-corrected chi connectivity index (χ3v) is 4.82. The number of carbonyl (C=O) groups is 1. The summed E-state index contributed by atoms with van der Waals surface area (Å²) in [6.07, 6.45) is 0. The number of amides is 1. The predicted octanol–water partition coefficient (Wildman–Crippen LogP) is 3.87. The number of nitrogens with one attached hydrogen (secondary N) is 2. The Morgan fingerprint density at radius 2 is 1.86 bits per heavy atom. The maximum atomic E-state index is 13.5. The first-order valence-electron chi connectivity index (χ1n) is 9.18. The molecule has 5 nitrogen and oxygen atoms in total. The molecule has 1 amide bonds. The van der Waals surface area contributed by atoms with E-state index in [-0.39, 0.29) is 17.8 Å². The molecule has 1 aromatic heterocycles. The Labute approximate surface area is 164 Å². The molecular formula is C22H25FN4O. The molecule has 0 saturated carbocycles. The van der Waals surface area contributed by atoms with E-state index in [1.54, 1.807) is 25.1 Å². The van der Waals surface area contributed by atoms with E-state index in [4.69, 9.17) is 0 Å². The number of H-pyrrole nitrogens is 1. The van der Waals surface area contributed by atoms with Gasteiger partial charge in [-0.15, -0.1) is 0 Å². The van der Waals surface area contributed by atoms with Gasteiger partial charge in [-0.2, -0.15) is 5.10 Å². The van der Waals surface area contributed by atoms with Crippen molar-refractivity contribution in [2.45, 2.75) is 19.9 Å². The number of nitrogens with zero attached hydrogens (tertiary/aromatic N) is 2. The number of carbonyl (C=O) groups excluding carboxylic acids is 1. The number of rotatable bonds is 6. The van der Waals surface area contributed by atoms with E-state index in [0.717, 1.165) is 11.1 Å². The van der Waals surface area contributed by atoms with Crippen LogP contribution in [0, 0.1) is 19.7 Å². The van der Waals surface area contributed by atoms with Crippen molar-refractivity contribution in [2.24, 2.45) is 0 Å². The minimum absolute atomic E-state index is 0.0617. The number of hydrogen-bond donors (Lipinski definition) is 2. The number of hydrogen-bond acceptors (Lipinski definition) is 3. The van der Waals surface area contributed by atoms with Crippen LogP contribution in [0.4, 0.5) is 4.39 Å². The average molecular weight is 380 g/mol. The van der Waals surface area contributed by atoms with Gasteiger partial charge in [-0.3, -0.25) is 9.89 Å². The van der Waals surface area contributed by atoms with Gasteiger partial charge in [0.25, 0.3) is 5.91 Å². The molecule has 1 unspecified atom stereocenters. The van der Waals surface area contributed by atoms with Gasteiger partial charge in [0.15, 0.2) is 0 Å². The molecule has 1 heterocycles. The fourth-order valence-corrected chi connectivity index (χ4v) is 3.06. The summed E-state index contributed by atoms with van der Waals surface area (Å²) in [5.74, 6) is -0.486. The van der Waals surface area contributed by atoms with Crippen molar-refractivity contribution >= 4 is 5.91 Å². The van der Waals surface area contributed by atoms with E-state index in [9.17, 15) is 9.18 Å². The summed E-state index contributed by atoms with van der Waals surface area (Å²) in [6, 6.07) is 14.8. The molecule has 2 N–H and O–H groups in total. The van der Waals surface area contributed by atoms with E-state index < -0.39 is 0 Å². The molecule has 0 bridgehead atoms. The first-order valence-corrected chi connectivity index (χ1v) is 9.18. The zero-order valence-electron chi connectivity index (χ0n) is 16.6. The summed E-state index contributed by atoms with van der Waals surface area (Å²) >= 11 is 0. The lowest BCUT2D eigenvalue weighted by Crippen LogP contribution is -2.34. The molecule has 0 aliphatic heterocycles.